The van der Waals surface area contributed by atoms with Crippen molar-refractivity contribution >= 4 is 17.5 Å². The molecular formula is C13H11ClN2O3. The number of nitrogens with zero attached hydrogens (tertiary/aromatic N) is 2. The number of carbonyl (C=O) groups is 1. The number of amides is 1. The van der Waals surface area contributed by atoms with Crippen LogP contribution in [0, 0.1) is 0 Å². The van der Waals surface area contributed by atoms with Crippen LogP contribution in [0.15, 0.2) is 35.1 Å². The number of aromatic nitrogens is 1. The van der Waals surface area contributed by atoms with Crippen molar-refractivity contribution in [2.24, 2.45) is 0 Å². The summed E-state index contributed by atoms with van der Waals surface area (Å²) in [5, 5.41) is 13.7. The third-order valence-corrected chi connectivity index (χ3v) is 3.32. The zero-order valence-corrected chi connectivity index (χ0v) is 10.7. The zero-order valence-electron chi connectivity index (χ0n) is 9.91. The number of carbonyl (C=O) groups excluding carboxylic acids is 1. The molecule has 0 unspecified atom stereocenters. The van der Waals surface area contributed by atoms with Gasteiger partial charge in [0.05, 0.1) is 6.10 Å². The van der Waals surface area contributed by atoms with Crippen LogP contribution in [-0.2, 0) is 0 Å². The van der Waals surface area contributed by atoms with Gasteiger partial charge < -0.3 is 14.5 Å². The molecule has 5 nitrogen and oxygen atoms in total. The largest absolute Gasteiger partial charge is 0.389 e. The predicted molar refractivity (Wildman–Crippen MR) is 68.9 cm³/mol. The number of halogens is 1. The van der Waals surface area contributed by atoms with Gasteiger partial charge in [0, 0.05) is 23.7 Å². The molecule has 0 bridgehead atoms. The molecule has 2 aromatic rings. The quantitative estimate of drug-likeness (QED) is 0.910. The maximum atomic E-state index is 12.2. The lowest BCUT2D eigenvalue weighted by Crippen LogP contribution is -2.53. The summed E-state index contributed by atoms with van der Waals surface area (Å²) in [4.78, 5) is 13.7. The normalized spacial score (nSPS) is 15.4. The fourth-order valence-corrected chi connectivity index (χ4v) is 2.12. The van der Waals surface area contributed by atoms with E-state index in [0.29, 0.717) is 29.4 Å². The van der Waals surface area contributed by atoms with Crippen LogP contribution in [-0.4, -0.2) is 40.3 Å². The molecule has 1 aromatic heterocycles. The lowest BCUT2D eigenvalue weighted by molar-refractivity contribution is 0.00589. The Balaban J connectivity index is 1.90. The summed E-state index contributed by atoms with van der Waals surface area (Å²) in [5.74, 6) is -0.184. The van der Waals surface area contributed by atoms with Gasteiger partial charge in [-0.1, -0.05) is 28.9 Å². The Morgan fingerprint density at radius 3 is 2.68 bits per heavy atom. The molecule has 1 saturated heterocycles. The minimum atomic E-state index is -0.428. The first kappa shape index (κ1) is 12.2. The summed E-state index contributed by atoms with van der Waals surface area (Å²) in [6, 6.07) is 7.02. The maximum Gasteiger partial charge on any atom is 0.259 e. The number of likely N-dealkylation sites (tertiary alicyclic amines) is 1. The first-order chi connectivity index (χ1) is 9.15. The lowest BCUT2D eigenvalue weighted by Gasteiger charge is -2.35. The Morgan fingerprint density at radius 1 is 1.37 bits per heavy atom. The Morgan fingerprint density at radius 2 is 2.05 bits per heavy atom. The van der Waals surface area contributed by atoms with Gasteiger partial charge in [-0.05, 0) is 12.1 Å². The van der Waals surface area contributed by atoms with Crippen molar-refractivity contribution in [3.05, 3.63) is 41.1 Å². The van der Waals surface area contributed by atoms with E-state index in [2.05, 4.69) is 5.16 Å². The van der Waals surface area contributed by atoms with E-state index in [9.17, 15) is 9.90 Å². The van der Waals surface area contributed by atoms with Gasteiger partial charge in [-0.25, -0.2) is 0 Å². The molecule has 0 saturated carbocycles. The molecule has 1 aromatic carbocycles. The SMILES string of the molecule is O=C(c1conc1-c1ccc(Cl)cc1)N1CC(O)C1. The summed E-state index contributed by atoms with van der Waals surface area (Å²) < 4.78 is 4.90. The van der Waals surface area contributed by atoms with Crippen molar-refractivity contribution in [3.63, 3.8) is 0 Å². The van der Waals surface area contributed by atoms with Crippen LogP contribution in [0.1, 0.15) is 10.4 Å². The molecule has 0 spiro atoms. The molecule has 19 heavy (non-hydrogen) atoms. The van der Waals surface area contributed by atoms with E-state index in [4.69, 9.17) is 16.1 Å². The van der Waals surface area contributed by atoms with Crippen LogP contribution in [0.3, 0.4) is 0 Å². The van der Waals surface area contributed by atoms with Gasteiger partial charge in [0.2, 0.25) is 0 Å². The average Bonchev–Trinajstić information content (AvgIpc) is 2.84. The molecule has 1 amide bonds. The fourth-order valence-electron chi connectivity index (χ4n) is 2.00. The molecule has 98 valence electrons. The Hall–Kier alpha value is -1.85. The lowest BCUT2D eigenvalue weighted by atomic mass is 10.1. The summed E-state index contributed by atoms with van der Waals surface area (Å²) in [6.07, 6.45) is 0.902. The molecule has 0 atom stereocenters. The number of benzene rings is 1. The van der Waals surface area contributed by atoms with Gasteiger partial charge in [0.15, 0.2) is 0 Å². The van der Waals surface area contributed by atoms with E-state index < -0.39 is 6.10 Å². The van der Waals surface area contributed by atoms with E-state index in [1.54, 1.807) is 29.2 Å². The molecule has 2 heterocycles. The summed E-state index contributed by atoms with van der Waals surface area (Å²) >= 11 is 5.83. The van der Waals surface area contributed by atoms with Crippen molar-refractivity contribution in [2.45, 2.75) is 6.10 Å². The zero-order chi connectivity index (χ0) is 13.4. The monoisotopic (exact) mass is 278 g/mol. The Bertz CT molecular complexity index is 603. The molecule has 1 aliphatic heterocycles. The standard InChI is InChI=1S/C13H11ClN2O3/c14-9-3-1-8(2-4-9)12-11(7-19-15-12)13(18)16-5-10(17)6-16/h1-4,7,10,17H,5-6H2. The number of β-amino-alcohol motifs (C(OH)–C–C–N with tert-alkyl or cyclic N) is 1. The summed E-state index contributed by atoms with van der Waals surface area (Å²) in [6.45, 7) is 0.703. The first-order valence-corrected chi connectivity index (χ1v) is 6.20. The predicted octanol–water partition coefficient (Wildman–Crippen LogP) is 1.81. The van der Waals surface area contributed by atoms with Gasteiger partial charge in [0.25, 0.3) is 5.91 Å². The minimum absolute atomic E-state index is 0.184. The molecule has 3 rings (SSSR count). The molecule has 0 radical (unpaired) electrons. The van der Waals surface area contributed by atoms with E-state index in [-0.39, 0.29) is 5.91 Å². The van der Waals surface area contributed by atoms with E-state index in [1.165, 1.54) is 6.26 Å². The highest BCUT2D eigenvalue weighted by atomic mass is 35.5. The van der Waals surface area contributed by atoms with E-state index in [0.717, 1.165) is 5.56 Å². The second kappa shape index (κ2) is 4.68. The fraction of sp³-hybridized carbons (Fsp3) is 0.231. The maximum absolute atomic E-state index is 12.2. The van der Waals surface area contributed by atoms with Crippen LogP contribution < -0.4 is 0 Å². The number of rotatable bonds is 2. The van der Waals surface area contributed by atoms with Crippen LogP contribution >= 0.6 is 11.6 Å². The second-order valence-corrected chi connectivity index (χ2v) is 4.88. The van der Waals surface area contributed by atoms with Gasteiger partial charge in [-0.2, -0.15) is 0 Å². The molecule has 1 fully saturated rings. The molecule has 1 N–H and O–H groups in total. The smallest absolute Gasteiger partial charge is 0.259 e. The number of aliphatic hydroxyl groups is 1. The molecular weight excluding hydrogens is 268 g/mol. The number of aliphatic hydroxyl groups excluding tert-OH is 1. The van der Waals surface area contributed by atoms with E-state index in [1.807, 2.05) is 0 Å². The third-order valence-electron chi connectivity index (χ3n) is 3.07. The van der Waals surface area contributed by atoms with Crippen molar-refractivity contribution in [1.29, 1.82) is 0 Å². The topological polar surface area (TPSA) is 66.6 Å². The van der Waals surface area contributed by atoms with Gasteiger partial charge in [-0.15, -0.1) is 0 Å². The number of hydrogen-bond acceptors (Lipinski definition) is 4. The second-order valence-electron chi connectivity index (χ2n) is 4.45. The van der Waals surface area contributed by atoms with Crippen molar-refractivity contribution in [3.8, 4) is 11.3 Å². The highest BCUT2D eigenvalue weighted by Crippen LogP contribution is 2.26. The highest BCUT2D eigenvalue weighted by molar-refractivity contribution is 6.30. The molecule has 6 heteroatoms. The van der Waals surface area contributed by atoms with Crippen molar-refractivity contribution in [1.82, 2.24) is 10.1 Å². The first-order valence-electron chi connectivity index (χ1n) is 5.83. The van der Waals surface area contributed by atoms with Crippen molar-refractivity contribution in [2.75, 3.05) is 13.1 Å². The molecule has 0 aliphatic carbocycles. The van der Waals surface area contributed by atoms with Crippen LogP contribution in [0.4, 0.5) is 0 Å². The Kier molecular flexibility index (Phi) is 3.00. The summed E-state index contributed by atoms with van der Waals surface area (Å²) in [7, 11) is 0. The van der Waals surface area contributed by atoms with Crippen LogP contribution in [0.2, 0.25) is 5.02 Å². The minimum Gasteiger partial charge on any atom is -0.389 e. The van der Waals surface area contributed by atoms with Gasteiger partial charge in [0.1, 0.15) is 17.5 Å². The van der Waals surface area contributed by atoms with Crippen LogP contribution in [0.5, 0.6) is 0 Å². The average molecular weight is 279 g/mol. The molecule has 1 aliphatic rings. The van der Waals surface area contributed by atoms with Gasteiger partial charge in [-0.3, -0.25) is 4.79 Å². The van der Waals surface area contributed by atoms with E-state index >= 15 is 0 Å². The summed E-state index contributed by atoms with van der Waals surface area (Å²) in [5.41, 5.74) is 1.65. The van der Waals surface area contributed by atoms with Gasteiger partial charge >= 0.3 is 0 Å². The highest BCUT2D eigenvalue weighted by Gasteiger charge is 2.32. The van der Waals surface area contributed by atoms with Crippen molar-refractivity contribution < 1.29 is 14.4 Å². The van der Waals surface area contributed by atoms with Crippen LogP contribution in [0.25, 0.3) is 11.3 Å². The third kappa shape index (κ3) is 2.22. The Labute approximate surface area is 114 Å². The number of hydrogen-bond donors (Lipinski definition) is 1.